The third-order valence-corrected chi connectivity index (χ3v) is 10.4. The van der Waals surface area contributed by atoms with E-state index >= 15 is 0 Å². The van der Waals surface area contributed by atoms with Gasteiger partial charge in [0.2, 0.25) is 5.52 Å². The molecule has 0 saturated heterocycles. The second kappa shape index (κ2) is 10.3. The van der Waals surface area contributed by atoms with Crippen LogP contribution in [-0.4, -0.2) is 6.54 Å². The zero-order chi connectivity index (χ0) is 26.3. The summed E-state index contributed by atoms with van der Waals surface area (Å²) in [5.74, 6) is 0. The van der Waals surface area contributed by atoms with Gasteiger partial charge in [0.05, 0.1) is 10.7 Å². The lowest BCUT2D eigenvalue weighted by molar-refractivity contribution is -0.665. The molecule has 0 bridgehead atoms. The largest absolute Gasteiger partial charge is 0.335 e. The predicted molar refractivity (Wildman–Crippen MR) is 171 cm³/mol. The number of fused-ring (bicyclic) bond motifs is 3. The summed E-state index contributed by atoms with van der Waals surface area (Å²) < 4.78 is 3.77. The van der Waals surface area contributed by atoms with Gasteiger partial charge in [0.15, 0.2) is 0 Å². The van der Waals surface area contributed by atoms with E-state index in [2.05, 4.69) is 125 Å². The van der Waals surface area contributed by atoms with E-state index in [1.54, 1.807) is 11.3 Å². The number of para-hydroxylation sites is 1. The number of benzene rings is 3. The number of rotatable bonds is 5. The number of thioether (sulfide) groups is 1. The highest BCUT2D eigenvalue weighted by molar-refractivity contribution is 8.03. The lowest BCUT2D eigenvalue weighted by Crippen LogP contribution is -2.33. The van der Waals surface area contributed by atoms with Gasteiger partial charge in [-0.3, -0.25) is 0 Å². The molecule has 1 aliphatic heterocycles. The van der Waals surface area contributed by atoms with E-state index in [9.17, 15) is 0 Å². The Labute approximate surface area is 242 Å². The Hall–Kier alpha value is -3.38. The van der Waals surface area contributed by atoms with Crippen molar-refractivity contribution in [3.63, 3.8) is 0 Å². The van der Waals surface area contributed by atoms with Gasteiger partial charge >= 0.3 is 0 Å². The molecule has 3 heterocycles. The molecule has 0 N–H and O–H groups in total. The van der Waals surface area contributed by atoms with Crippen LogP contribution in [-0.2, 0) is 13.0 Å². The number of allylic oxidation sites excluding steroid dienone is 4. The first-order valence-corrected chi connectivity index (χ1v) is 16.0. The summed E-state index contributed by atoms with van der Waals surface area (Å²) in [4.78, 5) is 3.81. The fourth-order valence-corrected chi connectivity index (χ4v) is 8.66. The first-order valence-electron chi connectivity index (χ1n) is 13.5. The topological polar surface area (TPSA) is 7.12 Å². The van der Waals surface area contributed by atoms with Crippen LogP contribution in [0.2, 0.25) is 0 Å². The number of thiazole rings is 1. The van der Waals surface area contributed by atoms with Crippen LogP contribution in [0.3, 0.4) is 0 Å². The Morgan fingerprint density at radius 2 is 1.79 bits per heavy atom. The van der Waals surface area contributed by atoms with Crippen LogP contribution in [0, 0.1) is 0 Å². The SMILES string of the molecule is CCN1/C(=C/C2=CC(=C/c3sc4ccccc4[n+]3CC)/c3ccccc3C2)Sc2ccc(-c3ccsc3)cc21. The third kappa shape index (κ3) is 4.49. The van der Waals surface area contributed by atoms with Crippen molar-refractivity contribution in [1.82, 2.24) is 0 Å². The predicted octanol–water partition coefficient (Wildman–Crippen LogP) is 9.43. The van der Waals surface area contributed by atoms with Crippen molar-refractivity contribution in [2.45, 2.75) is 31.7 Å². The fourth-order valence-electron chi connectivity index (χ4n) is 5.64. The van der Waals surface area contributed by atoms with Crippen molar-refractivity contribution < 1.29 is 4.57 Å². The summed E-state index contributed by atoms with van der Waals surface area (Å²) in [6.07, 6.45) is 8.17. The number of thiophene rings is 1. The molecule has 0 atom stereocenters. The molecule has 2 aromatic heterocycles. The van der Waals surface area contributed by atoms with E-state index in [1.165, 1.54) is 64.2 Å². The minimum absolute atomic E-state index is 0.948. The highest BCUT2D eigenvalue weighted by Gasteiger charge is 2.26. The molecule has 5 heteroatoms. The highest BCUT2D eigenvalue weighted by Crippen LogP contribution is 2.48. The second-order valence-electron chi connectivity index (χ2n) is 9.83. The summed E-state index contributed by atoms with van der Waals surface area (Å²) >= 11 is 5.52. The van der Waals surface area contributed by atoms with Gasteiger partial charge in [-0.15, -0.1) is 0 Å². The molecule has 0 radical (unpaired) electrons. The van der Waals surface area contributed by atoms with Crippen LogP contribution < -0.4 is 9.47 Å². The van der Waals surface area contributed by atoms with E-state index in [-0.39, 0.29) is 0 Å². The van der Waals surface area contributed by atoms with E-state index < -0.39 is 0 Å². The Balaban J connectivity index is 1.29. The molecule has 1 aliphatic carbocycles. The van der Waals surface area contributed by atoms with Gasteiger partial charge in [-0.25, -0.2) is 0 Å². The van der Waals surface area contributed by atoms with Gasteiger partial charge < -0.3 is 4.90 Å². The summed E-state index contributed by atoms with van der Waals surface area (Å²) in [5.41, 5.74) is 10.6. The van der Waals surface area contributed by atoms with Crippen molar-refractivity contribution in [2.24, 2.45) is 0 Å². The third-order valence-electron chi connectivity index (χ3n) is 7.51. The summed E-state index contributed by atoms with van der Waals surface area (Å²) in [5, 5.41) is 6.99. The minimum atomic E-state index is 0.948. The van der Waals surface area contributed by atoms with Crippen molar-refractivity contribution >= 4 is 62.0 Å². The van der Waals surface area contributed by atoms with Gasteiger partial charge in [-0.05, 0) is 94.8 Å². The Morgan fingerprint density at radius 1 is 0.923 bits per heavy atom. The van der Waals surface area contributed by atoms with Crippen LogP contribution >= 0.6 is 34.4 Å². The van der Waals surface area contributed by atoms with Gasteiger partial charge in [0.25, 0.3) is 5.01 Å². The first kappa shape index (κ1) is 24.6. The number of hydrogen-bond acceptors (Lipinski definition) is 4. The molecule has 39 heavy (non-hydrogen) atoms. The molecule has 0 spiro atoms. The van der Waals surface area contributed by atoms with Crippen LogP contribution in [0.4, 0.5) is 5.69 Å². The lowest BCUT2D eigenvalue weighted by atomic mass is 9.87. The number of aryl methyl sites for hydroxylation is 1. The molecule has 3 aromatic carbocycles. The number of anilines is 1. The molecule has 192 valence electrons. The Bertz CT molecular complexity index is 1790. The number of aromatic nitrogens is 1. The monoisotopic (exact) mass is 561 g/mol. The van der Waals surface area contributed by atoms with Gasteiger partial charge in [-0.1, -0.05) is 71.6 Å². The van der Waals surface area contributed by atoms with Crippen molar-refractivity contribution in [2.75, 3.05) is 11.4 Å². The second-order valence-corrected chi connectivity index (χ2v) is 12.7. The first-order chi connectivity index (χ1) is 19.2. The normalized spacial score (nSPS) is 16.7. The van der Waals surface area contributed by atoms with Crippen LogP contribution in [0.5, 0.6) is 0 Å². The number of nitrogens with zero attached hydrogens (tertiary/aromatic N) is 2. The average Bonchev–Trinajstić information content (AvgIpc) is 3.69. The molecule has 2 aliphatic rings. The molecule has 0 saturated carbocycles. The van der Waals surface area contributed by atoms with Gasteiger partial charge in [-0.2, -0.15) is 15.9 Å². The summed E-state index contributed by atoms with van der Waals surface area (Å²) in [6.45, 7) is 6.39. The van der Waals surface area contributed by atoms with Crippen molar-refractivity contribution in [3.05, 3.63) is 122 Å². The zero-order valence-corrected chi connectivity index (χ0v) is 24.5. The average molecular weight is 562 g/mol. The maximum Gasteiger partial charge on any atom is 0.263 e. The van der Waals surface area contributed by atoms with Crippen LogP contribution in [0.25, 0.3) is 33.0 Å². The molecule has 7 rings (SSSR count). The molecular weight excluding hydrogens is 533 g/mol. The fraction of sp³-hybridized carbons (Fsp3) is 0.147. The van der Waals surface area contributed by atoms with Crippen LogP contribution in [0.15, 0.2) is 111 Å². The van der Waals surface area contributed by atoms with E-state index in [4.69, 9.17) is 0 Å². The standard InChI is InChI=1S/C34H29N2S3/c1-3-35-29-11-7-8-12-31(29)38-34(35)21-27-18-23(17-25-9-5-6-10-28(25)27)19-33-36(4-2)30-20-24(13-14-32(30)39-33)26-15-16-37-22-26/h5-16,18-22H,3-4,17H2,1-2H3/q+1. The highest BCUT2D eigenvalue weighted by atomic mass is 32.2. The quantitative estimate of drug-likeness (QED) is 0.197. The van der Waals surface area contributed by atoms with Crippen molar-refractivity contribution in [1.29, 1.82) is 0 Å². The number of hydrogen-bond donors (Lipinski definition) is 0. The molecule has 2 nitrogen and oxygen atoms in total. The molecule has 5 aromatic rings. The maximum absolute atomic E-state index is 2.47. The summed E-state index contributed by atoms with van der Waals surface area (Å²) in [7, 11) is 0. The van der Waals surface area contributed by atoms with E-state index in [0.29, 0.717) is 0 Å². The summed E-state index contributed by atoms with van der Waals surface area (Å²) in [6, 6.07) is 26.7. The van der Waals surface area contributed by atoms with Gasteiger partial charge in [0, 0.05) is 23.6 Å². The zero-order valence-electron chi connectivity index (χ0n) is 22.1. The van der Waals surface area contributed by atoms with E-state index in [0.717, 1.165) is 19.5 Å². The molecular formula is C34H29N2S3+. The van der Waals surface area contributed by atoms with Gasteiger partial charge in [0.1, 0.15) is 11.2 Å². The molecule has 0 unspecified atom stereocenters. The lowest BCUT2D eigenvalue weighted by Gasteiger charge is -2.21. The smallest absolute Gasteiger partial charge is 0.263 e. The molecule has 0 amide bonds. The minimum Gasteiger partial charge on any atom is -0.335 e. The van der Waals surface area contributed by atoms with Crippen LogP contribution in [0.1, 0.15) is 30.0 Å². The molecule has 0 fully saturated rings. The maximum atomic E-state index is 2.47. The Morgan fingerprint density at radius 3 is 2.64 bits per heavy atom. The van der Waals surface area contributed by atoms with E-state index in [1.807, 2.05) is 23.1 Å². The van der Waals surface area contributed by atoms with Crippen molar-refractivity contribution in [3.8, 4) is 11.1 Å². The Kier molecular flexibility index (Phi) is 6.51.